The van der Waals surface area contributed by atoms with Gasteiger partial charge in [0.2, 0.25) is 18.6 Å². The van der Waals surface area contributed by atoms with Crippen LogP contribution in [-0.2, 0) is 17.9 Å². The summed E-state index contributed by atoms with van der Waals surface area (Å²) in [6.45, 7) is 4.60. The van der Waals surface area contributed by atoms with Gasteiger partial charge in [-0.15, -0.1) is 0 Å². The number of piperidine rings is 1. The molecule has 2 aliphatic heterocycles. The van der Waals surface area contributed by atoms with Crippen molar-refractivity contribution in [1.29, 1.82) is 0 Å². The number of ether oxygens (including phenoxy) is 2. The van der Waals surface area contributed by atoms with Crippen LogP contribution in [0.5, 0.6) is 11.5 Å². The molecule has 1 saturated heterocycles. The lowest BCUT2D eigenvalue weighted by molar-refractivity contribution is -0.130. The lowest BCUT2D eigenvalue weighted by Crippen LogP contribution is -2.32. The first-order chi connectivity index (χ1) is 15.7. The van der Waals surface area contributed by atoms with Crippen LogP contribution in [0, 0.1) is 0 Å². The van der Waals surface area contributed by atoms with Gasteiger partial charge in [0.1, 0.15) is 5.69 Å². The Morgan fingerprint density at radius 3 is 2.56 bits per heavy atom. The lowest BCUT2D eigenvalue weighted by atomic mass is 10.0. The molecular formula is C25H27N3O4. The second-order valence-electron chi connectivity index (χ2n) is 8.29. The molecule has 7 heteroatoms. The van der Waals surface area contributed by atoms with Crippen LogP contribution < -0.4 is 14.4 Å². The summed E-state index contributed by atoms with van der Waals surface area (Å²) in [5.74, 6) is 2.23. The molecule has 1 fully saturated rings. The van der Waals surface area contributed by atoms with Crippen molar-refractivity contribution in [3.05, 3.63) is 59.7 Å². The molecule has 0 aliphatic carbocycles. The highest BCUT2D eigenvalue weighted by Crippen LogP contribution is 2.35. The Labute approximate surface area is 187 Å². The molecule has 2 aliphatic rings. The van der Waals surface area contributed by atoms with Crippen molar-refractivity contribution in [3.8, 4) is 22.8 Å². The van der Waals surface area contributed by atoms with Crippen LogP contribution in [0.3, 0.4) is 0 Å². The molecular weight excluding hydrogens is 406 g/mol. The maximum absolute atomic E-state index is 12.6. The van der Waals surface area contributed by atoms with Gasteiger partial charge in [0, 0.05) is 32.1 Å². The van der Waals surface area contributed by atoms with Gasteiger partial charge in [-0.3, -0.25) is 4.79 Å². The molecule has 0 atom stereocenters. The predicted molar refractivity (Wildman–Crippen MR) is 120 cm³/mol. The summed E-state index contributed by atoms with van der Waals surface area (Å²) >= 11 is 0. The van der Waals surface area contributed by atoms with E-state index in [0.29, 0.717) is 13.1 Å². The predicted octanol–water partition coefficient (Wildman–Crippen LogP) is 4.61. The topological polar surface area (TPSA) is 68.0 Å². The molecule has 3 heterocycles. The number of nitrogens with zero attached hydrogens (tertiary/aromatic N) is 3. The van der Waals surface area contributed by atoms with E-state index in [0.717, 1.165) is 65.7 Å². The van der Waals surface area contributed by atoms with E-state index in [2.05, 4.69) is 10.1 Å². The van der Waals surface area contributed by atoms with Crippen molar-refractivity contribution in [2.45, 2.75) is 39.3 Å². The van der Waals surface area contributed by atoms with Gasteiger partial charge in [0.15, 0.2) is 11.5 Å². The zero-order chi connectivity index (χ0) is 21.9. The quantitative estimate of drug-likeness (QED) is 0.566. The van der Waals surface area contributed by atoms with Crippen molar-refractivity contribution in [2.24, 2.45) is 0 Å². The van der Waals surface area contributed by atoms with Gasteiger partial charge in [-0.25, -0.2) is 0 Å². The summed E-state index contributed by atoms with van der Waals surface area (Å²) in [4.78, 5) is 16.7. The number of fused-ring (bicyclic) bond motifs is 1. The van der Waals surface area contributed by atoms with E-state index in [9.17, 15) is 4.79 Å². The van der Waals surface area contributed by atoms with Gasteiger partial charge < -0.3 is 23.8 Å². The second kappa shape index (κ2) is 8.94. The van der Waals surface area contributed by atoms with E-state index in [4.69, 9.17) is 14.0 Å². The fourth-order valence-corrected chi connectivity index (χ4v) is 4.34. The van der Waals surface area contributed by atoms with E-state index in [1.165, 1.54) is 6.42 Å². The van der Waals surface area contributed by atoms with E-state index in [-0.39, 0.29) is 12.7 Å². The van der Waals surface area contributed by atoms with Crippen LogP contribution in [-0.4, -0.2) is 35.8 Å². The average molecular weight is 434 g/mol. The Kier molecular flexibility index (Phi) is 5.71. The maximum atomic E-state index is 12.6. The first-order valence-electron chi connectivity index (χ1n) is 11.1. The standard InChI is InChI=1S/C25H27N3O4/c1-18(29)28(15-19-10-11-22-23(14-19)31-17-30-22)16-21-24(20-8-4-2-5-9-20)26-32-25(21)27-12-6-3-7-13-27/h2,4-5,8-11,14H,3,6-7,12-13,15-17H2,1H3. The molecule has 0 unspecified atom stereocenters. The number of rotatable bonds is 6. The first kappa shape index (κ1) is 20.4. The summed E-state index contributed by atoms with van der Waals surface area (Å²) in [7, 11) is 0. The largest absolute Gasteiger partial charge is 0.454 e. The number of carbonyl (C=O) groups excluding carboxylic acids is 1. The molecule has 0 spiro atoms. The number of hydrogen-bond donors (Lipinski definition) is 0. The molecule has 5 rings (SSSR count). The van der Waals surface area contributed by atoms with E-state index >= 15 is 0 Å². The van der Waals surface area contributed by atoms with E-state index < -0.39 is 0 Å². The zero-order valence-electron chi connectivity index (χ0n) is 18.3. The van der Waals surface area contributed by atoms with Gasteiger partial charge in [-0.05, 0) is 37.0 Å². The molecule has 32 heavy (non-hydrogen) atoms. The average Bonchev–Trinajstić information content (AvgIpc) is 3.46. The van der Waals surface area contributed by atoms with Crippen LogP contribution in [0.15, 0.2) is 53.1 Å². The Morgan fingerprint density at radius 1 is 1.00 bits per heavy atom. The molecule has 0 N–H and O–H groups in total. The van der Waals surface area contributed by atoms with Crippen molar-refractivity contribution in [1.82, 2.24) is 10.1 Å². The van der Waals surface area contributed by atoms with Crippen molar-refractivity contribution < 1.29 is 18.8 Å². The minimum Gasteiger partial charge on any atom is -0.454 e. The highest BCUT2D eigenvalue weighted by Gasteiger charge is 2.26. The highest BCUT2D eigenvalue weighted by molar-refractivity contribution is 5.75. The van der Waals surface area contributed by atoms with Crippen LogP contribution in [0.1, 0.15) is 37.3 Å². The summed E-state index contributed by atoms with van der Waals surface area (Å²) in [6.07, 6.45) is 3.50. The third-order valence-electron chi connectivity index (χ3n) is 6.06. The number of aromatic nitrogens is 1. The minimum absolute atomic E-state index is 0.00697. The third kappa shape index (κ3) is 4.15. The Bertz CT molecular complexity index is 1090. The third-order valence-corrected chi connectivity index (χ3v) is 6.06. The van der Waals surface area contributed by atoms with Crippen LogP contribution in [0.2, 0.25) is 0 Å². The van der Waals surface area contributed by atoms with Gasteiger partial charge in [-0.2, -0.15) is 0 Å². The van der Waals surface area contributed by atoms with Crippen molar-refractivity contribution >= 4 is 11.8 Å². The summed E-state index contributed by atoms with van der Waals surface area (Å²) in [5.41, 5.74) is 3.72. The second-order valence-corrected chi connectivity index (χ2v) is 8.29. The maximum Gasteiger partial charge on any atom is 0.232 e. The zero-order valence-corrected chi connectivity index (χ0v) is 18.3. The number of hydrogen-bond acceptors (Lipinski definition) is 6. The number of anilines is 1. The number of benzene rings is 2. The number of amides is 1. The van der Waals surface area contributed by atoms with Crippen molar-refractivity contribution in [2.75, 3.05) is 24.8 Å². The molecule has 1 amide bonds. The Hall–Kier alpha value is -3.48. The fourth-order valence-electron chi connectivity index (χ4n) is 4.34. The van der Waals surface area contributed by atoms with Crippen LogP contribution in [0.25, 0.3) is 11.3 Å². The van der Waals surface area contributed by atoms with Gasteiger partial charge in [-0.1, -0.05) is 41.6 Å². The van der Waals surface area contributed by atoms with Gasteiger partial charge in [0.05, 0.1) is 12.1 Å². The van der Waals surface area contributed by atoms with Gasteiger partial charge in [0.25, 0.3) is 0 Å². The van der Waals surface area contributed by atoms with E-state index in [1.807, 2.05) is 53.4 Å². The molecule has 7 nitrogen and oxygen atoms in total. The molecule has 0 saturated carbocycles. The Morgan fingerprint density at radius 2 is 1.78 bits per heavy atom. The molecule has 1 aromatic heterocycles. The summed E-state index contributed by atoms with van der Waals surface area (Å²) in [6, 6.07) is 15.8. The van der Waals surface area contributed by atoms with E-state index in [1.54, 1.807) is 6.92 Å². The number of carbonyl (C=O) groups is 1. The molecule has 0 radical (unpaired) electrons. The molecule has 2 aromatic carbocycles. The fraction of sp³-hybridized carbons (Fsp3) is 0.360. The smallest absolute Gasteiger partial charge is 0.232 e. The normalized spacial score (nSPS) is 15.1. The molecule has 0 bridgehead atoms. The minimum atomic E-state index is -0.00697. The summed E-state index contributed by atoms with van der Waals surface area (Å²) < 4.78 is 16.8. The summed E-state index contributed by atoms with van der Waals surface area (Å²) in [5, 5.41) is 4.44. The monoisotopic (exact) mass is 433 g/mol. The lowest BCUT2D eigenvalue weighted by Gasteiger charge is -2.28. The molecule has 166 valence electrons. The van der Waals surface area contributed by atoms with Crippen LogP contribution in [0.4, 0.5) is 5.88 Å². The molecule has 3 aromatic rings. The van der Waals surface area contributed by atoms with Gasteiger partial charge >= 0.3 is 0 Å². The Balaban J connectivity index is 1.47. The van der Waals surface area contributed by atoms with Crippen molar-refractivity contribution in [3.63, 3.8) is 0 Å². The first-order valence-corrected chi connectivity index (χ1v) is 11.1. The highest BCUT2D eigenvalue weighted by atomic mass is 16.7. The SMILES string of the molecule is CC(=O)N(Cc1ccc2c(c1)OCO2)Cc1c(-c2ccccc2)noc1N1CCCCC1. The van der Waals surface area contributed by atoms with Crippen LogP contribution >= 0.6 is 0 Å².